The van der Waals surface area contributed by atoms with Crippen molar-refractivity contribution in [2.75, 3.05) is 4.31 Å². The number of hydrogen-bond donors (Lipinski definition) is 0. The molecule has 5 heteroatoms. The summed E-state index contributed by atoms with van der Waals surface area (Å²) in [4.78, 5) is 0. The molecule has 0 saturated heterocycles. The Morgan fingerprint density at radius 3 is 2.50 bits per heavy atom. The molecule has 1 fully saturated rings. The maximum absolute atomic E-state index is 11.4. The molecule has 0 radical (unpaired) electrons. The van der Waals surface area contributed by atoms with Crippen LogP contribution in [0.2, 0.25) is 0 Å². The molecular formula is C13H11BrNO2S-. The molecule has 3 rings (SSSR count). The highest BCUT2D eigenvalue weighted by Crippen LogP contribution is 2.38. The van der Waals surface area contributed by atoms with Crippen LogP contribution in [0.25, 0.3) is 10.8 Å². The fraction of sp³-hybridized carbons (Fsp3) is 0.231. The van der Waals surface area contributed by atoms with Crippen LogP contribution in [0.5, 0.6) is 0 Å². The van der Waals surface area contributed by atoms with E-state index in [1.807, 2.05) is 36.4 Å². The monoisotopic (exact) mass is 324 g/mol. The van der Waals surface area contributed by atoms with Crippen LogP contribution in [0.1, 0.15) is 12.8 Å². The molecule has 0 bridgehead atoms. The number of anilines is 1. The molecule has 1 aliphatic carbocycles. The smallest absolute Gasteiger partial charge is 0.0564 e. The van der Waals surface area contributed by atoms with E-state index in [2.05, 4.69) is 15.9 Å². The average molecular weight is 325 g/mol. The third-order valence-corrected chi connectivity index (χ3v) is 4.63. The molecule has 0 spiro atoms. The predicted molar refractivity (Wildman–Crippen MR) is 76.1 cm³/mol. The summed E-state index contributed by atoms with van der Waals surface area (Å²) in [5, 5.41) is 1.99. The standard InChI is InChI=1S/C13H12BrNO2S/c14-12-5-1-4-11-10(12)3-2-6-13(11)15(18(16)17)9-7-8-9/h1-6,9H,7-8H2,(H,16,17)/p-1. The highest BCUT2D eigenvalue weighted by Gasteiger charge is 2.31. The Labute approximate surface area is 116 Å². The Balaban J connectivity index is 2.22. The van der Waals surface area contributed by atoms with Gasteiger partial charge in [0.1, 0.15) is 0 Å². The summed E-state index contributed by atoms with van der Waals surface area (Å²) in [6.45, 7) is 0. The summed E-state index contributed by atoms with van der Waals surface area (Å²) in [6.07, 6.45) is 1.89. The normalized spacial score (nSPS) is 16.8. The lowest BCUT2D eigenvalue weighted by atomic mass is 10.1. The SMILES string of the molecule is O=S([O-])N(c1cccc2c(Br)cccc12)C1CC1. The quantitative estimate of drug-likeness (QED) is 0.812. The molecule has 0 aromatic heterocycles. The maximum Gasteiger partial charge on any atom is 0.0564 e. The minimum atomic E-state index is -2.22. The van der Waals surface area contributed by atoms with Gasteiger partial charge < -0.3 is 4.55 Å². The van der Waals surface area contributed by atoms with Crippen molar-refractivity contribution in [1.82, 2.24) is 0 Å². The van der Waals surface area contributed by atoms with Crippen molar-refractivity contribution in [3.8, 4) is 0 Å². The van der Waals surface area contributed by atoms with E-state index in [1.165, 1.54) is 4.31 Å². The molecular weight excluding hydrogens is 314 g/mol. The zero-order chi connectivity index (χ0) is 12.7. The summed E-state index contributed by atoms with van der Waals surface area (Å²) in [5.41, 5.74) is 0.768. The maximum atomic E-state index is 11.4. The number of benzene rings is 2. The predicted octanol–water partition coefficient (Wildman–Crippen LogP) is 3.37. The van der Waals surface area contributed by atoms with Crippen LogP contribution < -0.4 is 4.31 Å². The topological polar surface area (TPSA) is 43.4 Å². The number of rotatable bonds is 3. The molecule has 2 aromatic carbocycles. The van der Waals surface area contributed by atoms with Crippen molar-refractivity contribution in [1.29, 1.82) is 0 Å². The van der Waals surface area contributed by atoms with Gasteiger partial charge in [0.05, 0.1) is 5.69 Å². The molecule has 1 unspecified atom stereocenters. The number of hydrogen-bond acceptors (Lipinski definition) is 2. The Morgan fingerprint density at radius 1 is 1.17 bits per heavy atom. The summed E-state index contributed by atoms with van der Waals surface area (Å²) >= 11 is 1.28. The van der Waals surface area contributed by atoms with Crippen molar-refractivity contribution >= 4 is 43.7 Å². The van der Waals surface area contributed by atoms with Crippen molar-refractivity contribution in [2.45, 2.75) is 18.9 Å². The fourth-order valence-corrected chi connectivity index (χ4v) is 3.43. The second kappa shape index (κ2) is 4.64. The summed E-state index contributed by atoms with van der Waals surface area (Å²) in [5.74, 6) is 0. The zero-order valence-electron chi connectivity index (χ0n) is 9.51. The van der Waals surface area contributed by atoms with Crippen LogP contribution >= 0.6 is 15.9 Å². The molecule has 2 aromatic rings. The van der Waals surface area contributed by atoms with Gasteiger partial charge in [-0.15, -0.1) is 0 Å². The molecule has 3 nitrogen and oxygen atoms in total. The van der Waals surface area contributed by atoms with E-state index in [1.54, 1.807) is 0 Å². The first kappa shape index (κ1) is 12.1. The van der Waals surface area contributed by atoms with Gasteiger partial charge in [-0.05, 0) is 30.4 Å². The summed E-state index contributed by atoms with van der Waals surface area (Å²) in [6, 6.07) is 11.7. The Kier molecular flexibility index (Phi) is 3.13. The van der Waals surface area contributed by atoms with Gasteiger partial charge in [-0.2, -0.15) is 0 Å². The van der Waals surface area contributed by atoms with E-state index in [0.29, 0.717) is 0 Å². The van der Waals surface area contributed by atoms with Crippen molar-refractivity contribution in [3.63, 3.8) is 0 Å². The first-order valence-electron chi connectivity index (χ1n) is 5.74. The lowest BCUT2D eigenvalue weighted by molar-refractivity contribution is 0.531. The van der Waals surface area contributed by atoms with Crippen LogP contribution in [-0.2, 0) is 11.3 Å². The molecule has 0 aliphatic heterocycles. The molecule has 0 heterocycles. The Hall–Kier alpha value is -0.910. The Bertz CT molecular complexity index is 627. The fourth-order valence-electron chi connectivity index (χ4n) is 2.15. The van der Waals surface area contributed by atoms with E-state index in [4.69, 9.17) is 0 Å². The van der Waals surface area contributed by atoms with Crippen LogP contribution in [0, 0.1) is 0 Å². The van der Waals surface area contributed by atoms with E-state index in [9.17, 15) is 8.76 Å². The van der Waals surface area contributed by atoms with Crippen LogP contribution in [0.4, 0.5) is 5.69 Å². The molecule has 1 atom stereocenters. The minimum absolute atomic E-state index is 0.132. The van der Waals surface area contributed by atoms with Gasteiger partial charge in [-0.1, -0.05) is 40.2 Å². The van der Waals surface area contributed by atoms with Crippen molar-refractivity contribution < 1.29 is 8.76 Å². The number of halogens is 1. The third-order valence-electron chi connectivity index (χ3n) is 3.12. The number of fused-ring (bicyclic) bond motifs is 1. The van der Waals surface area contributed by atoms with Gasteiger partial charge in [-0.3, -0.25) is 8.51 Å². The lowest BCUT2D eigenvalue weighted by Crippen LogP contribution is -2.27. The molecule has 94 valence electrons. The highest BCUT2D eigenvalue weighted by molar-refractivity contribution is 9.10. The van der Waals surface area contributed by atoms with Gasteiger partial charge in [0.15, 0.2) is 0 Å². The number of nitrogens with zero attached hydrogens (tertiary/aromatic N) is 1. The van der Waals surface area contributed by atoms with Gasteiger partial charge in [0.2, 0.25) is 0 Å². The van der Waals surface area contributed by atoms with Gasteiger partial charge >= 0.3 is 0 Å². The first-order valence-corrected chi connectivity index (χ1v) is 7.57. The van der Waals surface area contributed by atoms with Gasteiger partial charge in [0, 0.05) is 27.2 Å². The van der Waals surface area contributed by atoms with Gasteiger partial charge in [-0.25, -0.2) is 0 Å². The van der Waals surface area contributed by atoms with Crippen molar-refractivity contribution in [3.05, 3.63) is 40.9 Å². The summed E-state index contributed by atoms with van der Waals surface area (Å²) < 4.78 is 25.3. The largest absolute Gasteiger partial charge is 0.755 e. The molecule has 18 heavy (non-hydrogen) atoms. The molecule has 0 amide bonds. The third kappa shape index (κ3) is 2.06. The highest BCUT2D eigenvalue weighted by atomic mass is 79.9. The van der Waals surface area contributed by atoms with Crippen LogP contribution in [0.3, 0.4) is 0 Å². The Morgan fingerprint density at radius 2 is 1.83 bits per heavy atom. The second-order valence-corrected chi connectivity index (χ2v) is 6.07. The van der Waals surface area contributed by atoms with E-state index in [-0.39, 0.29) is 6.04 Å². The first-order chi connectivity index (χ1) is 8.68. The van der Waals surface area contributed by atoms with Gasteiger partial charge in [0.25, 0.3) is 0 Å². The zero-order valence-corrected chi connectivity index (χ0v) is 11.9. The average Bonchev–Trinajstić information content (AvgIpc) is 3.15. The molecule has 1 aliphatic rings. The minimum Gasteiger partial charge on any atom is -0.755 e. The molecule has 1 saturated carbocycles. The van der Waals surface area contributed by atoms with Crippen LogP contribution in [0.15, 0.2) is 40.9 Å². The van der Waals surface area contributed by atoms with Crippen LogP contribution in [-0.4, -0.2) is 14.8 Å². The van der Waals surface area contributed by atoms with E-state index >= 15 is 0 Å². The summed E-state index contributed by atoms with van der Waals surface area (Å²) in [7, 11) is 0. The van der Waals surface area contributed by atoms with Crippen molar-refractivity contribution in [2.24, 2.45) is 0 Å². The second-order valence-electron chi connectivity index (χ2n) is 4.39. The molecule has 0 N–H and O–H groups in total. The van der Waals surface area contributed by atoms with E-state index in [0.717, 1.165) is 33.8 Å². The lowest BCUT2D eigenvalue weighted by Gasteiger charge is -2.27. The van der Waals surface area contributed by atoms with E-state index < -0.39 is 11.3 Å².